The number of rotatable bonds is 2. The van der Waals surface area contributed by atoms with Crippen LogP contribution in [0.15, 0.2) is 52.7 Å². The maximum absolute atomic E-state index is 13.0. The molecule has 2 aromatic rings. The molecule has 0 spiro atoms. The third kappa shape index (κ3) is 3.24. The second kappa shape index (κ2) is 6.36. The molecule has 26 heavy (non-hydrogen) atoms. The molecule has 1 N–H and O–H groups in total. The van der Waals surface area contributed by atoms with Gasteiger partial charge < -0.3 is 9.84 Å². The summed E-state index contributed by atoms with van der Waals surface area (Å²) in [7, 11) is 0. The van der Waals surface area contributed by atoms with Crippen LogP contribution in [0.2, 0.25) is 0 Å². The summed E-state index contributed by atoms with van der Waals surface area (Å²) in [5, 5.41) is 10.8. The van der Waals surface area contributed by atoms with E-state index >= 15 is 0 Å². The quantitative estimate of drug-likeness (QED) is 0.669. The van der Waals surface area contributed by atoms with E-state index in [4.69, 9.17) is 4.74 Å². The summed E-state index contributed by atoms with van der Waals surface area (Å²) < 4.78 is 6.85. The molecule has 0 radical (unpaired) electrons. The van der Waals surface area contributed by atoms with E-state index in [1.54, 1.807) is 27.7 Å². The maximum atomic E-state index is 13.0. The number of Topliss-reactive ketones (excluding diaryl/α,β-unsaturated/α-hetero) is 1. The molecule has 1 heterocycles. The molecule has 0 bridgehead atoms. The van der Waals surface area contributed by atoms with Crippen LogP contribution >= 0.6 is 15.9 Å². The number of benzene rings is 2. The minimum atomic E-state index is -0.995. The highest BCUT2D eigenvalue weighted by molar-refractivity contribution is 9.10. The van der Waals surface area contributed by atoms with Crippen LogP contribution in [0.5, 0.6) is 0 Å². The van der Waals surface area contributed by atoms with Crippen molar-refractivity contribution in [2.24, 2.45) is 0 Å². The first-order valence-corrected chi connectivity index (χ1v) is 9.38. The fraction of sp³-hybridized carbons (Fsp3) is 0.318. The molecule has 0 fully saturated rings. The van der Waals surface area contributed by atoms with Crippen LogP contribution < -0.4 is 0 Å². The molecule has 1 aliphatic heterocycles. The monoisotopic (exact) mass is 414 g/mol. The van der Waals surface area contributed by atoms with Crippen molar-refractivity contribution < 1.29 is 14.6 Å². The van der Waals surface area contributed by atoms with Gasteiger partial charge in [-0.15, -0.1) is 0 Å². The highest BCUT2D eigenvalue weighted by atomic mass is 79.9. The molecule has 0 amide bonds. The minimum Gasteiger partial charge on any atom is -0.508 e. The van der Waals surface area contributed by atoms with Crippen LogP contribution in [-0.4, -0.2) is 22.1 Å². The van der Waals surface area contributed by atoms with Crippen molar-refractivity contribution in [3.8, 4) is 11.1 Å². The molecule has 136 valence electrons. The predicted molar refractivity (Wildman–Crippen MR) is 108 cm³/mol. The van der Waals surface area contributed by atoms with Crippen molar-refractivity contribution in [3.63, 3.8) is 0 Å². The van der Waals surface area contributed by atoms with Gasteiger partial charge in [0.05, 0.1) is 5.57 Å². The molecule has 4 heteroatoms. The van der Waals surface area contributed by atoms with Gasteiger partial charge in [0.25, 0.3) is 0 Å². The molecule has 3 nitrogen and oxygen atoms in total. The fourth-order valence-corrected chi connectivity index (χ4v) is 3.67. The Kier molecular flexibility index (Phi) is 4.62. The summed E-state index contributed by atoms with van der Waals surface area (Å²) in [4.78, 5) is 13.0. The number of aliphatic hydroxyl groups excluding tert-OH is 1. The van der Waals surface area contributed by atoms with E-state index in [-0.39, 0.29) is 11.5 Å². The van der Waals surface area contributed by atoms with Gasteiger partial charge in [-0.3, -0.25) is 4.79 Å². The molecular weight excluding hydrogens is 392 g/mol. The van der Waals surface area contributed by atoms with E-state index in [0.29, 0.717) is 5.57 Å². The zero-order valence-electron chi connectivity index (χ0n) is 15.7. The Morgan fingerprint density at radius 2 is 1.50 bits per heavy atom. The largest absolute Gasteiger partial charge is 0.508 e. The van der Waals surface area contributed by atoms with E-state index in [1.807, 2.05) is 49.4 Å². The number of aliphatic hydroxyl groups is 1. The number of halogens is 1. The number of hydrogen-bond acceptors (Lipinski definition) is 3. The van der Waals surface area contributed by atoms with Crippen LogP contribution in [0.1, 0.15) is 38.8 Å². The van der Waals surface area contributed by atoms with Crippen molar-refractivity contribution in [2.75, 3.05) is 0 Å². The second-order valence-corrected chi connectivity index (χ2v) is 8.63. The van der Waals surface area contributed by atoms with Crippen molar-refractivity contribution >= 4 is 27.3 Å². The summed E-state index contributed by atoms with van der Waals surface area (Å²) in [6, 6.07) is 14.0. The Balaban J connectivity index is 2.21. The van der Waals surface area contributed by atoms with Gasteiger partial charge in [-0.05, 0) is 75.1 Å². The lowest BCUT2D eigenvalue weighted by atomic mass is 9.81. The highest BCUT2D eigenvalue weighted by Crippen LogP contribution is 2.41. The van der Waals surface area contributed by atoms with E-state index in [9.17, 15) is 9.90 Å². The standard InChI is InChI=1S/C22H23BrO3/c1-13-6-7-15(14-8-10-16(23)11-9-14)12-17(13)18-19(24)21(2,3)26-22(4,5)20(18)25/h6-12,24H,1-5H3. The minimum absolute atomic E-state index is 0.0159. The second-order valence-electron chi connectivity index (χ2n) is 7.71. The molecule has 0 aromatic heterocycles. The molecule has 0 saturated carbocycles. The Morgan fingerprint density at radius 1 is 0.923 bits per heavy atom. The maximum Gasteiger partial charge on any atom is 0.198 e. The number of carbonyl (C=O) groups is 1. The molecular formula is C22H23BrO3. The summed E-state index contributed by atoms with van der Waals surface area (Å²) in [5.74, 6) is -0.219. The Bertz CT molecular complexity index is 905. The van der Waals surface area contributed by atoms with Gasteiger partial charge in [-0.2, -0.15) is 0 Å². The van der Waals surface area contributed by atoms with E-state index in [0.717, 1.165) is 26.7 Å². The zero-order valence-corrected chi connectivity index (χ0v) is 17.3. The summed E-state index contributed by atoms with van der Waals surface area (Å²) >= 11 is 3.45. The highest BCUT2D eigenvalue weighted by Gasteiger charge is 2.47. The third-order valence-corrected chi connectivity index (χ3v) is 5.30. The molecule has 0 saturated heterocycles. The Hall–Kier alpha value is -1.91. The van der Waals surface area contributed by atoms with Crippen LogP contribution in [0.4, 0.5) is 0 Å². The lowest BCUT2D eigenvalue weighted by Crippen LogP contribution is -2.49. The van der Waals surface area contributed by atoms with Crippen LogP contribution in [-0.2, 0) is 9.53 Å². The van der Waals surface area contributed by atoms with Gasteiger partial charge in [0.15, 0.2) is 5.78 Å². The summed E-state index contributed by atoms with van der Waals surface area (Å²) in [5.41, 5.74) is 2.16. The van der Waals surface area contributed by atoms with Crippen LogP contribution in [0, 0.1) is 6.92 Å². The van der Waals surface area contributed by atoms with Gasteiger partial charge in [-0.1, -0.05) is 40.2 Å². The Labute approximate surface area is 162 Å². The smallest absolute Gasteiger partial charge is 0.198 e. The summed E-state index contributed by atoms with van der Waals surface area (Å²) in [6.07, 6.45) is 0. The van der Waals surface area contributed by atoms with Crippen LogP contribution in [0.3, 0.4) is 0 Å². The first-order chi connectivity index (χ1) is 12.0. The number of hydrogen-bond donors (Lipinski definition) is 1. The topological polar surface area (TPSA) is 46.5 Å². The molecule has 3 rings (SSSR count). The summed E-state index contributed by atoms with van der Waals surface area (Å²) in [6.45, 7) is 9.01. The number of ketones is 1. The average molecular weight is 415 g/mol. The zero-order chi connectivity index (χ0) is 19.3. The first kappa shape index (κ1) is 18.9. The van der Waals surface area contributed by atoms with Gasteiger partial charge in [0.2, 0.25) is 0 Å². The molecule has 0 unspecified atom stereocenters. The number of aryl methyl sites for hydroxylation is 1. The van der Waals surface area contributed by atoms with E-state index in [1.165, 1.54) is 0 Å². The van der Waals surface area contributed by atoms with Crippen molar-refractivity contribution in [3.05, 3.63) is 63.8 Å². The molecule has 0 atom stereocenters. The number of carbonyl (C=O) groups excluding carboxylic acids is 1. The van der Waals surface area contributed by atoms with Crippen molar-refractivity contribution in [1.82, 2.24) is 0 Å². The van der Waals surface area contributed by atoms with Crippen molar-refractivity contribution in [2.45, 2.75) is 45.8 Å². The predicted octanol–water partition coefficient (Wildman–Crippen LogP) is 5.85. The normalized spacial score (nSPS) is 18.9. The number of ether oxygens (including phenoxy) is 1. The third-order valence-electron chi connectivity index (χ3n) is 4.78. The van der Waals surface area contributed by atoms with Crippen LogP contribution in [0.25, 0.3) is 16.7 Å². The SMILES string of the molecule is Cc1ccc(-c2ccc(Br)cc2)cc1C1=C(O)C(C)(C)OC(C)(C)C1=O. The lowest BCUT2D eigenvalue weighted by Gasteiger charge is -2.40. The van der Waals surface area contributed by atoms with Gasteiger partial charge in [0.1, 0.15) is 17.0 Å². The molecule has 0 aliphatic carbocycles. The van der Waals surface area contributed by atoms with Gasteiger partial charge >= 0.3 is 0 Å². The lowest BCUT2D eigenvalue weighted by molar-refractivity contribution is -0.158. The first-order valence-electron chi connectivity index (χ1n) is 8.58. The Morgan fingerprint density at radius 3 is 2.12 bits per heavy atom. The van der Waals surface area contributed by atoms with Gasteiger partial charge in [0, 0.05) is 4.47 Å². The fourth-order valence-electron chi connectivity index (χ4n) is 3.41. The van der Waals surface area contributed by atoms with E-state index in [2.05, 4.69) is 15.9 Å². The van der Waals surface area contributed by atoms with Gasteiger partial charge in [-0.25, -0.2) is 0 Å². The molecule has 1 aliphatic rings. The van der Waals surface area contributed by atoms with Crippen molar-refractivity contribution in [1.29, 1.82) is 0 Å². The van der Waals surface area contributed by atoms with E-state index < -0.39 is 11.2 Å². The molecule has 2 aromatic carbocycles. The average Bonchev–Trinajstić information content (AvgIpc) is 2.55.